The minimum Gasteiger partial charge on any atom is -0.508 e. The number of carbonyl (C=O) groups is 1. The Hall–Kier alpha value is -2.02. The number of nitrogens with zero attached hydrogens (tertiary/aromatic N) is 1. The van der Waals surface area contributed by atoms with Gasteiger partial charge in [0.1, 0.15) is 11.3 Å². The zero-order chi connectivity index (χ0) is 13.6. The quantitative estimate of drug-likeness (QED) is 0.836. The molecule has 96 valence electrons. The van der Waals surface area contributed by atoms with E-state index in [1.165, 1.54) is 0 Å². The van der Waals surface area contributed by atoms with E-state index in [0.29, 0.717) is 18.4 Å². The Labute approximate surface area is 107 Å². The van der Waals surface area contributed by atoms with Crippen LogP contribution in [0.25, 0.3) is 0 Å². The van der Waals surface area contributed by atoms with Crippen LogP contribution in [0.3, 0.4) is 0 Å². The summed E-state index contributed by atoms with van der Waals surface area (Å²) in [4.78, 5) is 11.9. The summed E-state index contributed by atoms with van der Waals surface area (Å²) in [6.45, 7) is 3.74. The number of hydrogen-bond donors (Lipinski definition) is 2. The Morgan fingerprint density at radius 1 is 1.39 bits per heavy atom. The standard InChI is InChI=1S/C14H18N2O2/c1-3-14(4-2,10-15)16-13(18)9-11-7-5-6-8-12(11)17/h5-8,17H,3-4,9H2,1-2H3,(H,16,18). The van der Waals surface area contributed by atoms with E-state index in [1.54, 1.807) is 24.3 Å². The van der Waals surface area contributed by atoms with Crippen LogP contribution in [0.15, 0.2) is 24.3 Å². The maximum atomic E-state index is 11.9. The van der Waals surface area contributed by atoms with Gasteiger partial charge < -0.3 is 10.4 Å². The average Bonchev–Trinajstić information content (AvgIpc) is 2.39. The Bertz CT molecular complexity index is 459. The third-order valence-electron chi connectivity index (χ3n) is 3.14. The number of para-hydroxylation sites is 1. The molecule has 0 saturated carbocycles. The van der Waals surface area contributed by atoms with Crippen LogP contribution in [0.2, 0.25) is 0 Å². The molecule has 4 heteroatoms. The first-order chi connectivity index (χ1) is 8.56. The fourth-order valence-electron chi connectivity index (χ4n) is 1.76. The monoisotopic (exact) mass is 246 g/mol. The van der Waals surface area contributed by atoms with E-state index in [1.807, 2.05) is 13.8 Å². The summed E-state index contributed by atoms with van der Waals surface area (Å²) in [5.41, 5.74) is -0.240. The van der Waals surface area contributed by atoms with Crippen molar-refractivity contribution >= 4 is 5.91 Å². The normalized spacial score (nSPS) is 10.7. The van der Waals surface area contributed by atoms with Crippen LogP contribution in [0.5, 0.6) is 5.75 Å². The highest BCUT2D eigenvalue weighted by atomic mass is 16.3. The molecule has 0 aliphatic heterocycles. The largest absolute Gasteiger partial charge is 0.508 e. The zero-order valence-electron chi connectivity index (χ0n) is 10.7. The van der Waals surface area contributed by atoms with Gasteiger partial charge in [-0.1, -0.05) is 32.0 Å². The van der Waals surface area contributed by atoms with E-state index in [0.717, 1.165) is 0 Å². The fourth-order valence-corrected chi connectivity index (χ4v) is 1.76. The van der Waals surface area contributed by atoms with Gasteiger partial charge in [-0.15, -0.1) is 0 Å². The average molecular weight is 246 g/mol. The van der Waals surface area contributed by atoms with Gasteiger partial charge >= 0.3 is 0 Å². The Morgan fingerprint density at radius 2 is 2.00 bits per heavy atom. The molecule has 2 N–H and O–H groups in total. The topological polar surface area (TPSA) is 73.1 Å². The number of hydrogen-bond acceptors (Lipinski definition) is 3. The summed E-state index contributed by atoms with van der Waals surface area (Å²) in [6, 6.07) is 8.85. The number of amides is 1. The number of nitriles is 1. The number of rotatable bonds is 5. The van der Waals surface area contributed by atoms with Gasteiger partial charge in [0.25, 0.3) is 0 Å². The lowest BCUT2D eigenvalue weighted by Crippen LogP contribution is -2.47. The molecule has 0 heterocycles. The van der Waals surface area contributed by atoms with Crippen LogP contribution >= 0.6 is 0 Å². The van der Waals surface area contributed by atoms with Gasteiger partial charge in [0.15, 0.2) is 0 Å². The maximum absolute atomic E-state index is 11.9. The van der Waals surface area contributed by atoms with Crippen molar-refractivity contribution in [1.82, 2.24) is 5.32 Å². The number of carbonyl (C=O) groups excluding carboxylic acids is 1. The van der Waals surface area contributed by atoms with Crippen LogP contribution in [-0.2, 0) is 11.2 Å². The van der Waals surface area contributed by atoms with Crippen LogP contribution in [0.1, 0.15) is 32.3 Å². The first kappa shape index (κ1) is 14.0. The number of aromatic hydroxyl groups is 1. The van der Waals surface area contributed by atoms with Crippen molar-refractivity contribution in [2.45, 2.75) is 38.6 Å². The van der Waals surface area contributed by atoms with Gasteiger partial charge in [0.2, 0.25) is 5.91 Å². The molecule has 0 atom stereocenters. The van der Waals surface area contributed by atoms with Gasteiger partial charge in [0.05, 0.1) is 12.5 Å². The summed E-state index contributed by atoms with van der Waals surface area (Å²) in [6.07, 6.45) is 1.20. The van der Waals surface area contributed by atoms with E-state index in [2.05, 4.69) is 11.4 Å². The minimum absolute atomic E-state index is 0.0795. The lowest BCUT2D eigenvalue weighted by molar-refractivity contribution is -0.121. The molecule has 0 aliphatic rings. The molecule has 0 radical (unpaired) electrons. The van der Waals surface area contributed by atoms with Crippen molar-refractivity contribution in [3.8, 4) is 11.8 Å². The Morgan fingerprint density at radius 3 is 2.50 bits per heavy atom. The van der Waals surface area contributed by atoms with E-state index in [4.69, 9.17) is 5.26 Å². The molecule has 0 fully saturated rings. The van der Waals surface area contributed by atoms with Crippen LogP contribution < -0.4 is 5.32 Å². The van der Waals surface area contributed by atoms with Gasteiger partial charge in [-0.2, -0.15) is 5.26 Å². The van der Waals surface area contributed by atoms with Crippen molar-refractivity contribution < 1.29 is 9.90 Å². The zero-order valence-corrected chi connectivity index (χ0v) is 10.7. The third-order valence-corrected chi connectivity index (χ3v) is 3.14. The Kier molecular flexibility index (Phi) is 4.73. The third kappa shape index (κ3) is 3.24. The molecule has 1 aromatic rings. The van der Waals surface area contributed by atoms with E-state index in [-0.39, 0.29) is 18.1 Å². The highest BCUT2D eigenvalue weighted by Crippen LogP contribution is 2.18. The van der Waals surface area contributed by atoms with Crippen LogP contribution in [-0.4, -0.2) is 16.6 Å². The molecule has 0 bridgehead atoms. The first-order valence-corrected chi connectivity index (χ1v) is 6.06. The summed E-state index contributed by atoms with van der Waals surface area (Å²) >= 11 is 0. The molecule has 0 unspecified atom stereocenters. The molecular weight excluding hydrogens is 228 g/mol. The smallest absolute Gasteiger partial charge is 0.225 e. The summed E-state index contributed by atoms with van der Waals surface area (Å²) in [7, 11) is 0. The second-order valence-corrected chi connectivity index (χ2v) is 4.25. The highest BCUT2D eigenvalue weighted by Gasteiger charge is 2.27. The molecule has 18 heavy (non-hydrogen) atoms. The van der Waals surface area contributed by atoms with Crippen molar-refractivity contribution in [3.63, 3.8) is 0 Å². The molecule has 0 aliphatic carbocycles. The van der Waals surface area contributed by atoms with Crippen molar-refractivity contribution in [2.75, 3.05) is 0 Å². The molecule has 4 nitrogen and oxygen atoms in total. The summed E-state index contributed by atoms with van der Waals surface area (Å²) in [5.74, 6) is -0.148. The first-order valence-electron chi connectivity index (χ1n) is 6.06. The lowest BCUT2D eigenvalue weighted by atomic mass is 9.94. The van der Waals surface area contributed by atoms with Gasteiger partial charge in [-0.05, 0) is 18.9 Å². The van der Waals surface area contributed by atoms with Crippen LogP contribution in [0.4, 0.5) is 0 Å². The number of nitrogens with one attached hydrogen (secondary N) is 1. The predicted octanol–water partition coefficient (Wildman–Crippen LogP) is 2.13. The SMILES string of the molecule is CCC(C#N)(CC)NC(=O)Cc1ccccc1O. The maximum Gasteiger partial charge on any atom is 0.225 e. The number of benzene rings is 1. The van der Waals surface area contributed by atoms with E-state index in [9.17, 15) is 9.90 Å². The molecular formula is C14H18N2O2. The molecule has 1 aromatic carbocycles. The minimum atomic E-state index is -0.804. The van der Waals surface area contributed by atoms with Gasteiger partial charge in [-0.3, -0.25) is 4.79 Å². The summed E-state index contributed by atoms with van der Waals surface area (Å²) in [5, 5.41) is 21.5. The van der Waals surface area contributed by atoms with Crippen molar-refractivity contribution in [3.05, 3.63) is 29.8 Å². The molecule has 0 saturated heterocycles. The fraction of sp³-hybridized carbons (Fsp3) is 0.429. The number of phenolic OH excluding ortho intramolecular Hbond substituents is 1. The van der Waals surface area contributed by atoms with Gasteiger partial charge in [-0.25, -0.2) is 0 Å². The molecule has 1 rings (SSSR count). The van der Waals surface area contributed by atoms with Crippen molar-refractivity contribution in [1.29, 1.82) is 5.26 Å². The van der Waals surface area contributed by atoms with Crippen molar-refractivity contribution in [2.24, 2.45) is 0 Å². The van der Waals surface area contributed by atoms with Crippen LogP contribution in [0, 0.1) is 11.3 Å². The van der Waals surface area contributed by atoms with Gasteiger partial charge in [0, 0.05) is 5.56 Å². The van der Waals surface area contributed by atoms with E-state index >= 15 is 0 Å². The highest BCUT2D eigenvalue weighted by molar-refractivity contribution is 5.80. The summed E-state index contributed by atoms with van der Waals surface area (Å²) < 4.78 is 0. The second-order valence-electron chi connectivity index (χ2n) is 4.25. The molecule has 0 spiro atoms. The van der Waals surface area contributed by atoms with E-state index < -0.39 is 5.54 Å². The lowest BCUT2D eigenvalue weighted by Gasteiger charge is -2.24. The number of phenols is 1. The predicted molar refractivity (Wildman–Crippen MR) is 68.9 cm³/mol. The molecule has 1 amide bonds. The second kappa shape index (κ2) is 6.06. The Balaban J connectivity index is 2.74. The molecule has 0 aromatic heterocycles.